The van der Waals surface area contributed by atoms with Crippen molar-refractivity contribution in [1.29, 1.82) is 0 Å². The Balaban J connectivity index is 2.51. The van der Waals surface area contributed by atoms with Crippen LogP contribution < -0.4 is 10.6 Å². The average molecular weight is 853 g/mol. The zero-order valence-corrected chi connectivity index (χ0v) is 40.5. The molecule has 0 spiro atoms. The zero-order valence-electron chi connectivity index (χ0n) is 40.5. The highest BCUT2D eigenvalue weighted by Gasteiger charge is 2.22. The summed E-state index contributed by atoms with van der Waals surface area (Å²) < 4.78 is 11.7. The Morgan fingerprint density at radius 1 is 0.567 bits per heavy atom. The van der Waals surface area contributed by atoms with Gasteiger partial charge in [0.1, 0.15) is 0 Å². The lowest BCUT2D eigenvalue weighted by atomic mass is 9.95. The van der Waals surface area contributed by atoms with Crippen LogP contribution in [0.2, 0.25) is 0 Å². The van der Waals surface area contributed by atoms with Gasteiger partial charge in [0, 0.05) is 32.2 Å². The number of hydrogen-bond donors (Lipinski definition) is 4. The number of aliphatic hydroxyl groups is 2. The van der Waals surface area contributed by atoms with Crippen molar-refractivity contribution in [2.45, 2.75) is 246 Å². The highest BCUT2D eigenvalue weighted by atomic mass is 16.6. The van der Waals surface area contributed by atoms with Crippen LogP contribution in [-0.4, -0.2) is 104 Å². The summed E-state index contributed by atoms with van der Waals surface area (Å²) in [6.07, 6.45) is 38.6. The molecular weight excluding hydrogens is 749 g/mol. The van der Waals surface area contributed by atoms with E-state index in [1.807, 2.05) is 0 Å². The Hall–Kier alpha value is -0.970. The molecule has 60 heavy (non-hydrogen) atoms. The third-order valence-electron chi connectivity index (χ3n) is 13.1. The number of hydrogen-bond acceptors (Lipinski definition) is 8. The minimum atomic E-state index is -0.904. The number of ether oxygens (including phenoxy) is 2. The molecule has 0 radical (unpaired) electrons. The Morgan fingerprint density at radius 3 is 1.55 bits per heavy atom. The van der Waals surface area contributed by atoms with Crippen molar-refractivity contribution in [1.82, 2.24) is 20.4 Å². The van der Waals surface area contributed by atoms with Gasteiger partial charge in [0.15, 0.2) is 0 Å². The van der Waals surface area contributed by atoms with Gasteiger partial charge in [-0.3, -0.25) is 10.2 Å². The van der Waals surface area contributed by atoms with Crippen LogP contribution >= 0.6 is 0 Å². The highest BCUT2D eigenvalue weighted by Crippen LogP contribution is 2.24. The lowest BCUT2D eigenvalue weighted by Gasteiger charge is -2.31. The van der Waals surface area contributed by atoms with Gasteiger partial charge in [-0.05, 0) is 95.7 Å². The van der Waals surface area contributed by atoms with Crippen LogP contribution in [-0.2, 0) is 9.47 Å². The Bertz CT molecular complexity index is 894. The molecule has 0 heterocycles. The molecule has 0 aromatic carbocycles. The summed E-state index contributed by atoms with van der Waals surface area (Å²) in [6, 6.07) is 0.600. The minimum Gasteiger partial charge on any atom is -0.449 e. The summed E-state index contributed by atoms with van der Waals surface area (Å²) in [5.74, 6) is 1.01. The number of rotatable bonds is 46. The van der Waals surface area contributed by atoms with Crippen LogP contribution in [0.25, 0.3) is 0 Å². The molecule has 9 nitrogen and oxygen atoms in total. The minimum absolute atomic E-state index is 0.214. The summed E-state index contributed by atoms with van der Waals surface area (Å²) in [5, 5.41) is 26.8. The maximum absolute atomic E-state index is 12.7. The van der Waals surface area contributed by atoms with Crippen molar-refractivity contribution in [3.05, 3.63) is 0 Å². The second kappa shape index (κ2) is 43.3. The molecule has 0 saturated heterocycles. The number of aliphatic hydroxyl groups excluding tert-OH is 2. The van der Waals surface area contributed by atoms with Gasteiger partial charge >= 0.3 is 6.09 Å². The molecule has 3 unspecified atom stereocenters. The summed E-state index contributed by atoms with van der Waals surface area (Å²) in [7, 11) is 0. The SMILES string of the molecule is CCCCCCCCC(CCCCCC)COC(=O)NCCCCN(CCCCNC(O)OCC(CCCCCC)CCCCCCCC)CCN(CCO)C1CCCC1. The predicted octanol–water partition coefficient (Wildman–Crippen LogP) is 12.4. The average Bonchev–Trinajstić information content (AvgIpc) is 3.80. The molecule has 1 rings (SSSR count). The molecule has 1 aliphatic carbocycles. The third kappa shape index (κ3) is 34.5. The lowest BCUT2D eigenvalue weighted by Crippen LogP contribution is -2.42. The third-order valence-corrected chi connectivity index (χ3v) is 13.1. The smallest absolute Gasteiger partial charge is 0.407 e. The van der Waals surface area contributed by atoms with E-state index in [1.165, 1.54) is 173 Å². The fraction of sp³-hybridized carbons (Fsp3) is 0.980. The molecule has 0 aromatic rings. The zero-order chi connectivity index (χ0) is 43.6. The first-order valence-corrected chi connectivity index (χ1v) is 26.5. The van der Waals surface area contributed by atoms with Crippen LogP contribution in [0.5, 0.6) is 0 Å². The summed E-state index contributed by atoms with van der Waals surface area (Å²) in [5.41, 5.74) is 0. The summed E-state index contributed by atoms with van der Waals surface area (Å²) >= 11 is 0. The van der Waals surface area contributed by atoms with Gasteiger partial charge < -0.3 is 29.9 Å². The number of nitrogens with one attached hydrogen (secondary N) is 2. The largest absolute Gasteiger partial charge is 0.449 e. The molecule has 0 bridgehead atoms. The monoisotopic (exact) mass is 853 g/mol. The summed E-state index contributed by atoms with van der Waals surface area (Å²) in [6.45, 7) is 16.6. The van der Waals surface area contributed by atoms with E-state index >= 15 is 0 Å². The molecule has 358 valence electrons. The van der Waals surface area contributed by atoms with Crippen LogP contribution in [0.4, 0.5) is 4.79 Å². The van der Waals surface area contributed by atoms with Crippen molar-refractivity contribution in [2.75, 3.05) is 65.6 Å². The van der Waals surface area contributed by atoms with Crippen molar-refractivity contribution in [3.8, 4) is 0 Å². The Kier molecular flexibility index (Phi) is 41.2. The van der Waals surface area contributed by atoms with Gasteiger partial charge in [-0.2, -0.15) is 0 Å². The molecule has 0 aliphatic heterocycles. The first kappa shape index (κ1) is 57.0. The molecular formula is C51H104N4O5. The number of amides is 1. The van der Waals surface area contributed by atoms with Gasteiger partial charge in [0.05, 0.1) is 19.8 Å². The molecule has 4 N–H and O–H groups in total. The quantitative estimate of drug-likeness (QED) is 0.0354. The Labute approximate surface area is 373 Å². The highest BCUT2D eigenvalue weighted by molar-refractivity contribution is 5.67. The van der Waals surface area contributed by atoms with E-state index in [2.05, 4.69) is 48.1 Å². The van der Waals surface area contributed by atoms with E-state index < -0.39 is 6.41 Å². The first-order valence-electron chi connectivity index (χ1n) is 26.5. The fourth-order valence-corrected chi connectivity index (χ4v) is 9.12. The van der Waals surface area contributed by atoms with Gasteiger partial charge in [0.2, 0.25) is 6.41 Å². The molecule has 9 heteroatoms. The molecule has 1 saturated carbocycles. The van der Waals surface area contributed by atoms with Gasteiger partial charge in [-0.25, -0.2) is 4.79 Å². The fourth-order valence-electron chi connectivity index (χ4n) is 9.12. The van der Waals surface area contributed by atoms with Gasteiger partial charge in [-0.1, -0.05) is 169 Å². The van der Waals surface area contributed by atoms with E-state index in [0.717, 1.165) is 71.4 Å². The van der Waals surface area contributed by atoms with Crippen LogP contribution in [0.15, 0.2) is 0 Å². The Morgan fingerprint density at radius 2 is 1.03 bits per heavy atom. The number of alkyl carbamates (subject to hydrolysis) is 1. The topological polar surface area (TPSA) is 107 Å². The second-order valence-corrected chi connectivity index (χ2v) is 18.7. The van der Waals surface area contributed by atoms with Gasteiger partial charge in [-0.15, -0.1) is 0 Å². The number of unbranched alkanes of at least 4 members (excludes halogenated alkanes) is 18. The van der Waals surface area contributed by atoms with E-state index in [0.29, 0.717) is 37.6 Å². The molecule has 1 aliphatic rings. The maximum atomic E-state index is 12.7. The van der Waals surface area contributed by atoms with E-state index in [9.17, 15) is 15.0 Å². The second-order valence-electron chi connectivity index (χ2n) is 18.7. The van der Waals surface area contributed by atoms with Gasteiger partial charge in [0.25, 0.3) is 0 Å². The summed E-state index contributed by atoms with van der Waals surface area (Å²) in [4.78, 5) is 17.8. The van der Waals surface area contributed by atoms with E-state index in [-0.39, 0.29) is 12.7 Å². The van der Waals surface area contributed by atoms with Crippen LogP contribution in [0, 0.1) is 11.8 Å². The van der Waals surface area contributed by atoms with Crippen LogP contribution in [0.1, 0.15) is 233 Å². The van der Waals surface area contributed by atoms with Crippen LogP contribution in [0.3, 0.4) is 0 Å². The standard InChI is InChI=1S/C51H104N4O5/c1-5-9-13-17-19-23-33-47(31-21-15-11-7-3)45-59-50(57)52-37-27-29-39-54(41-42-55(43-44-56)49-35-25-26-36-49)40-30-28-38-53-51(58)60-46-48(32-22-16-12-8-4)34-24-20-18-14-10-6-2/h47-50,52,56-57H,5-46H2,1-4H3,(H,53,58). The van der Waals surface area contributed by atoms with Crippen molar-refractivity contribution < 1.29 is 24.5 Å². The predicted molar refractivity (Wildman–Crippen MR) is 256 cm³/mol. The number of carbonyl (C=O) groups excluding carboxylic acids is 1. The van der Waals surface area contributed by atoms with Crippen molar-refractivity contribution in [3.63, 3.8) is 0 Å². The van der Waals surface area contributed by atoms with E-state index in [1.54, 1.807) is 0 Å². The molecule has 1 fully saturated rings. The van der Waals surface area contributed by atoms with Crippen molar-refractivity contribution >= 4 is 6.09 Å². The number of carbonyl (C=O) groups is 1. The normalized spacial score (nSPS) is 15.0. The molecule has 3 atom stereocenters. The molecule has 1 amide bonds. The lowest BCUT2D eigenvalue weighted by molar-refractivity contribution is -0.130. The van der Waals surface area contributed by atoms with E-state index in [4.69, 9.17) is 9.47 Å². The first-order chi connectivity index (χ1) is 29.5. The number of nitrogens with zero attached hydrogens (tertiary/aromatic N) is 2. The molecule has 0 aromatic heterocycles. The van der Waals surface area contributed by atoms with Crippen molar-refractivity contribution in [2.24, 2.45) is 11.8 Å². The maximum Gasteiger partial charge on any atom is 0.407 e.